The van der Waals surface area contributed by atoms with Crippen LogP contribution in [0.1, 0.15) is 50.9 Å². The normalized spacial score (nSPS) is 16.1. The molecule has 0 atom stereocenters. The van der Waals surface area contributed by atoms with Crippen molar-refractivity contribution in [2.45, 2.75) is 51.3 Å². The fourth-order valence-electron chi connectivity index (χ4n) is 3.32. The summed E-state index contributed by atoms with van der Waals surface area (Å²) in [6.45, 7) is 6.54. The van der Waals surface area contributed by atoms with Gasteiger partial charge >= 0.3 is 12.3 Å². The van der Waals surface area contributed by atoms with Gasteiger partial charge in [-0.15, -0.1) is 0 Å². The first-order chi connectivity index (χ1) is 13.4. The molecule has 0 unspecified atom stereocenters. The van der Waals surface area contributed by atoms with Crippen molar-refractivity contribution < 1.29 is 22.7 Å². The lowest BCUT2D eigenvalue weighted by molar-refractivity contribution is -0.136. The van der Waals surface area contributed by atoms with Crippen LogP contribution in [0.25, 0.3) is 11.3 Å². The molecule has 9 heteroatoms. The third kappa shape index (κ3) is 5.02. The highest BCUT2D eigenvalue weighted by atomic mass is 19.4. The number of alkyl halides is 3. The number of amides is 1. The monoisotopic (exact) mass is 410 g/mol. The number of aromatic nitrogens is 2. The molecular weight excluding hydrogens is 385 g/mol. The number of imidazole rings is 1. The number of hydrogen-bond donors (Lipinski definition) is 2. The second-order valence-electron chi connectivity index (χ2n) is 8.22. The smallest absolute Gasteiger partial charge is 0.418 e. The zero-order chi connectivity index (χ0) is 21.4. The molecular formula is C20H25F3N4O2. The molecule has 1 saturated heterocycles. The van der Waals surface area contributed by atoms with Crippen LogP contribution < -0.4 is 5.73 Å². The number of halogens is 3. The van der Waals surface area contributed by atoms with E-state index in [4.69, 9.17) is 10.5 Å². The number of carbonyl (C=O) groups is 1. The number of carbonyl (C=O) groups excluding carboxylic acids is 1. The number of nitrogens with one attached hydrogen (secondary N) is 1. The van der Waals surface area contributed by atoms with Crippen molar-refractivity contribution in [3.8, 4) is 11.3 Å². The van der Waals surface area contributed by atoms with E-state index in [2.05, 4.69) is 9.97 Å². The zero-order valence-corrected chi connectivity index (χ0v) is 16.6. The van der Waals surface area contributed by atoms with Gasteiger partial charge in [-0.25, -0.2) is 9.78 Å². The van der Waals surface area contributed by atoms with Gasteiger partial charge in [-0.3, -0.25) is 0 Å². The minimum atomic E-state index is -4.52. The Morgan fingerprint density at radius 1 is 1.24 bits per heavy atom. The largest absolute Gasteiger partial charge is 0.444 e. The average Bonchev–Trinajstić information content (AvgIpc) is 3.10. The molecule has 0 radical (unpaired) electrons. The maximum absolute atomic E-state index is 13.1. The number of likely N-dealkylation sites (tertiary alicyclic amines) is 1. The minimum Gasteiger partial charge on any atom is -0.444 e. The van der Waals surface area contributed by atoms with Gasteiger partial charge < -0.3 is 20.4 Å². The summed E-state index contributed by atoms with van der Waals surface area (Å²) in [4.78, 5) is 21.3. The van der Waals surface area contributed by atoms with E-state index in [-0.39, 0.29) is 17.7 Å². The van der Waals surface area contributed by atoms with Gasteiger partial charge in [-0.2, -0.15) is 13.2 Å². The summed E-state index contributed by atoms with van der Waals surface area (Å²) in [5.41, 5.74) is 4.62. The number of nitrogen functional groups attached to an aromatic ring is 1. The van der Waals surface area contributed by atoms with E-state index in [0.29, 0.717) is 43.0 Å². The van der Waals surface area contributed by atoms with Crippen LogP contribution in [-0.2, 0) is 10.9 Å². The number of benzene rings is 1. The van der Waals surface area contributed by atoms with Crippen LogP contribution in [0, 0.1) is 0 Å². The lowest BCUT2D eigenvalue weighted by Gasteiger charge is -2.32. The van der Waals surface area contributed by atoms with Gasteiger partial charge in [-0.05, 0) is 45.7 Å². The van der Waals surface area contributed by atoms with Crippen molar-refractivity contribution in [3.63, 3.8) is 0 Å². The van der Waals surface area contributed by atoms with Crippen molar-refractivity contribution in [1.29, 1.82) is 0 Å². The first kappa shape index (κ1) is 21.0. The molecule has 158 valence electrons. The van der Waals surface area contributed by atoms with E-state index in [1.165, 1.54) is 18.3 Å². The first-order valence-corrected chi connectivity index (χ1v) is 9.44. The number of piperidine rings is 1. The van der Waals surface area contributed by atoms with Crippen LogP contribution in [-0.4, -0.2) is 39.7 Å². The van der Waals surface area contributed by atoms with Crippen LogP contribution in [0.3, 0.4) is 0 Å². The molecule has 0 bridgehead atoms. The lowest BCUT2D eigenvalue weighted by atomic mass is 9.96. The van der Waals surface area contributed by atoms with Crippen LogP contribution >= 0.6 is 0 Å². The van der Waals surface area contributed by atoms with Crippen LogP contribution in [0.4, 0.5) is 23.7 Å². The minimum absolute atomic E-state index is 0.0957. The lowest BCUT2D eigenvalue weighted by Crippen LogP contribution is -2.41. The highest BCUT2D eigenvalue weighted by Crippen LogP contribution is 2.36. The number of ether oxygens (including phenoxy) is 1. The third-order valence-electron chi connectivity index (χ3n) is 4.80. The Morgan fingerprint density at radius 2 is 1.90 bits per heavy atom. The highest BCUT2D eigenvalue weighted by molar-refractivity contribution is 5.68. The summed E-state index contributed by atoms with van der Waals surface area (Å²) in [6.07, 6.45) is -1.93. The van der Waals surface area contributed by atoms with Gasteiger partial charge in [0.05, 0.1) is 17.5 Å². The van der Waals surface area contributed by atoms with Crippen molar-refractivity contribution in [2.75, 3.05) is 18.8 Å². The molecule has 1 fully saturated rings. The molecule has 0 spiro atoms. The second-order valence-corrected chi connectivity index (χ2v) is 8.22. The Balaban J connectivity index is 1.68. The quantitative estimate of drug-likeness (QED) is 0.697. The number of nitrogens with two attached hydrogens (primary N) is 1. The Labute approximate surface area is 167 Å². The second kappa shape index (κ2) is 7.61. The molecule has 1 aliphatic rings. The number of hydrogen-bond acceptors (Lipinski definition) is 4. The molecule has 2 heterocycles. The number of aromatic amines is 1. The Morgan fingerprint density at radius 3 is 2.48 bits per heavy atom. The van der Waals surface area contributed by atoms with Crippen molar-refractivity contribution in [3.05, 3.63) is 35.8 Å². The molecule has 3 rings (SSSR count). The molecule has 1 amide bonds. The number of anilines is 1. The Hall–Kier alpha value is -2.71. The molecule has 3 N–H and O–H groups in total. The van der Waals surface area contributed by atoms with Gasteiger partial charge in [0.25, 0.3) is 0 Å². The highest BCUT2D eigenvalue weighted by Gasteiger charge is 2.33. The molecule has 1 aliphatic heterocycles. The maximum Gasteiger partial charge on any atom is 0.418 e. The van der Waals surface area contributed by atoms with E-state index in [1.54, 1.807) is 4.90 Å². The summed E-state index contributed by atoms with van der Waals surface area (Å²) < 4.78 is 44.7. The van der Waals surface area contributed by atoms with E-state index < -0.39 is 17.3 Å². The molecule has 1 aromatic heterocycles. The van der Waals surface area contributed by atoms with E-state index in [0.717, 1.165) is 6.07 Å². The third-order valence-corrected chi connectivity index (χ3v) is 4.80. The van der Waals surface area contributed by atoms with Crippen molar-refractivity contribution in [1.82, 2.24) is 14.9 Å². The first-order valence-electron chi connectivity index (χ1n) is 9.44. The van der Waals surface area contributed by atoms with Crippen LogP contribution in [0.5, 0.6) is 0 Å². The number of H-pyrrole nitrogens is 1. The van der Waals surface area contributed by atoms with Gasteiger partial charge in [0.1, 0.15) is 11.4 Å². The summed E-state index contributed by atoms with van der Waals surface area (Å²) in [5.74, 6) is 0.799. The number of nitrogens with zero attached hydrogens (tertiary/aromatic N) is 2. The van der Waals surface area contributed by atoms with Gasteiger partial charge in [-0.1, -0.05) is 6.07 Å². The number of rotatable bonds is 2. The molecule has 6 nitrogen and oxygen atoms in total. The summed E-state index contributed by atoms with van der Waals surface area (Å²) >= 11 is 0. The summed E-state index contributed by atoms with van der Waals surface area (Å²) in [7, 11) is 0. The van der Waals surface area contributed by atoms with Crippen molar-refractivity contribution in [2.24, 2.45) is 0 Å². The summed E-state index contributed by atoms with van der Waals surface area (Å²) in [6, 6.07) is 3.81. The molecule has 0 saturated carbocycles. The van der Waals surface area contributed by atoms with E-state index >= 15 is 0 Å². The summed E-state index contributed by atoms with van der Waals surface area (Å²) in [5, 5.41) is 0. The fourth-order valence-corrected chi connectivity index (χ4v) is 3.32. The standard InChI is InChI=1S/C20H25F3N4O2/c1-19(2,3)29-18(28)27-8-6-12(7-9-27)17-25-11-16(26-17)13-4-5-15(24)14(10-13)20(21,22)23/h4-5,10-12H,6-9,24H2,1-3H3,(H,25,26). The van der Waals surface area contributed by atoms with Gasteiger partial charge in [0.2, 0.25) is 0 Å². The molecule has 2 aromatic rings. The Kier molecular flexibility index (Phi) is 5.51. The zero-order valence-electron chi connectivity index (χ0n) is 16.6. The van der Waals surface area contributed by atoms with Gasteiger partial charge in [0.15, 0.2) is 0 Å². The average molecular weight is 410 g/mol. The van der Waals surface area contributed by atoms with Gasteiger partial charge in [0, 0.05) is 30.3 Å². The maximum atomic E-state index is 13.1. The van der Waals surface area contributed by atoms with E-state index in [1.807, 2.05) is 20.8 Å². The van der Waals surface area contributed by atoms with Crippen LogP contribution in [0.15, 0.2) is 24.4 Å². The SMILES string of the molecule is CC(C)(C)OC(=O)N1CCC(c2ncc(-c3ccc(N)c(C(F)(F)F)c3)[nH]2)CC1. The topological polar surface area (TPSA) is 84.2 Å². The predicted molar refractivity (Wildman–Crippen MR) is 103 cm³/mol. The molecule has 0 aliphatic carbocycles. The van der Waals surface area contributed by atoms with Crippen LogP contribution in [0.2, 0.25) is 0 Å². The van der Waals surface area contributed by atoms with E-state index in [9.17, 15) is 18.0 Å². The fraction of sp³-hybridized carbons (Fsp3) is 0.500. The molecule has 1 aromatic carbocycles. The predicted octanol–water partition coefficient (Wildman–Crippen LogP) is 4.79. The van der Waals surface area contributed by atoms with Crippen molar-refractivity contribution >= 4 is 11.8 Å². The Bertz CT molecular complexity index is 879. The molecule has 29 heavy (non-hydrogen) atoms.